The van der Waals surface area contributed by atoms with E-state index in [-0.39, 0.29) is 11.6 Å². The van der Waals surface area contributed by atoms with Crippen LogP contribution in [0.4, 0.5) is 4.79 Å². The topological polar surface area (TPSA) is 59.6 Å². The molecule has 5 rings (SSSR count). The van der Waals surface area contributed by atoms with Crippen molar-refractivity contribution in [3.63, 3.8) is 0 Å². The third kappa shape index (κ3) is 3.66. The van der Waals surface area contributed by atoms with Crippen LogP contribution >= 0.6 is 0 Å². The Balaban J connectivity index is 1.26. The van der Waals surface area contributed by atoms with Gasteiger partial charge in [0, 0.05) is 20.2 Å². The van der Waals surface area contributed by atoms with E-state index in [9.17, 15) is 4.79 Å². The van der Waals surface area contributed by atoms with Gasteiger partial charge in [-0.15, -0.1) is 0 Å². The molecule has 0 aromatic heterocycles. The molecule has 0 radical (unpaired) electrons. The number of urea groups is 1. The Morgan fingerprint density at radius 1 is 1.00 bits per heavy atom. The maximum atomic E-state index is 12.3. The van der Waals surface area contributed by atoms with Gasteiger partial charge in [-0.1, -0.05) is 12.1 Å². The van der Waals surface area contributed by atoms with Crippen molar-refractivity contribution in [2.75, 3.05) is 27.3 Å². The van der Waals surface area contributed by atoms with Crippen molar-refractivity contribution in [2.45, 2.75) is 44.1 Å². The van der Waals surface area contributed by atoms with E-state index in [4.69, 9.17) is 9.47 Å². The van der Waals surface area contributed by atoms with Gasteiger partial charge in [-0.05, 0) is 79.9 Å². The fraction of sp³-hybridized carbons (Fsp3) is 0.682. The molecule has 0 atom stereocenters. The highest BCUT2D eigenvalue weighted by atomic mass is 16.5. The van der Waals surface area contributed by atoms with Gasteiger partial charge in [0.1, 0.15) is 5.75 Å². The first-order valence-electron chi connectivity index (χ1n) is 10.3. The van der Waals surface area contributed by atoms with Gasteiger partial charge in [0.15, 0.2) is 0 Å². The predicted octanol–water partition coefficient (Wildman–Crippen LogP) is 3.38. The van der Waals surface area contributed by atoms with Crippen LogP contribution in [0.5, 0.6) is 5.75 Å². The van der Waals surface area contributed by atoms with Crippen LogP contribution < -0.4 is 15.4 Å². The molecule has 0 spiro atoms. The van der Waals surface area contributed by atoms with E-state index in [0.717, 1.165) is 24.0 Å². The molecule has 1 aromatic carbocycles. The first-order chi connectivity index (χ1) is 13.1. The predicted molar refractivity (Wildman–Crippen MR) is 105 cm³/mol. The normalized spacial score (nSPS) is 33.7. The number of hydrogen-bond acceptors (Lipinski definition) is 3. The molecule has 2 amide bonds. The summed E-state index contributed by atoms with van der Waals surface area (Å²) in [6.07, 6.45) is 7.35. The SMILES string of the molecule is COc1ccc(CCNC(=O)NCC2(OC)C3CC4CC(C3)CC2C4)cc1. The van der Waals surface area contributed by atoms with Gasteiger partial charge in [0.2, 0.25) is 0 Å². The number of benzene rings is 1. The summed E-state index contributed by atoms with van der Waals surface area (Å²) in [4.78, 5) is 12.3. The zero-order chi connectivity index (χ0) is 18.9. The van der Waals surface area contributed by atoms with E-state index in [2.05, 4.69) is 10.6 Å². The van der Waals surface area contributed by atoms with Crippen molar-refractivity contribution in [3.8, 4) is 5.75 Å². The zero-order valence-electron chi connectivity index (χ0n) is 16.5. The minimum Gasteiger partial charge on any atom is -0.497 e. The van der Waals surface area contributed by atoms with Gasteiger partial charge in [0.25, 0.3) is 0 Å². The Hall–Kier alpha value is -1.75. The number of carbonyl (C=O) groups excluding carboxylic acids is 1. The van der Waals surface area contributed by atoms with Crippen LogP contribution in [0.1, 0.15) is 37.7 Å². The lowest BCUT2D eigenvalue weighted by atomic mass is 9.49. The van der Waals surface area contributed by atoms with Gasteiger partial charge in [-0.3, -0.25) is 0 Å². The summed E-state index contributed by atoms with van der Waals surface area (Å²) in [5, 5.41) is 6.10. The molecule has 148 valence electrons. The third-order valence-corrected chi connectivity index (χ3v) is 7.28. The highest BCUT2D eigenvalue weighted by molar-refractivity contribution is 5.73. The number of carbonyl (C=O) groups is 1. The Morgan fingerprint density at radius 3 is 2.19 bits per heavy atom. The lowest BCUT2D eigenvalue weighted by Gasteiger charge is -2.60. The highest BCUT2D eigenvalue weighted by Gasteiger charge is 2.57. The summed E-state index contributed by atoms with van der Waals surface area (Å²) in [5.74, 6) is 3.87. The minimum atomic E-state index is -0.152. The molecule has 4 bridgehead atoms. The van der Waals surface area contributed by atoms with Gasteiger partial charge in [-0.2, -0.15) is 0 Å². The fourth-order valence-corrected chi connectivity index (χ4v) is 6.07. The van der Waals surface area contributed by atoms with Gasteiger partial charge in [0.05, 0.1) is 12.7 Å². The standard InChI is InChI=1S/C22H32N2O3/c1-26-20-5-3-15(4-6-20)7-8-23-21(25)24-14-22(27-2)18-10-16-9-17(12-18)13-19(22)11-16/h3-6,16-19H,7-14H2,1-2H3,(H2,23,24,25). The fourth-order valence-electron chi connectivity index (χ4n) is 6.07. The van der Waals surface area contributed by atoms with Crippen LogP contribution in [0.3, 0.4) is 0 Å². The maximum Gasteiger partial charge on any atom is 0.314 e. The number of methoxy groups -OCH3 is 2. The molecule has 4 saturated carbocycles. The van der Waals surface area contributed by atoms with Crippen LogP contribution in [0, 0.1) is 23.7 Å². The van der Waals surface area contributed by atoms with E-state index in [1.807, 2.05) is 31.4 Å². The summed E-state index contributed by atoms with van der Waals surface area (Å²) in [7, 11) is 3.50. The lowest BCUT2D eigenvalue weighted by molar-refractivity contribution is -0.186. The Bertz CT molecular complexity index is 630. The average Bonchev–Trinajstić information content (AvgIpc) is 2.68. The number of amides is 2. The van der Waals surface area contributed by atoms with Gasteiger partial charge < -0.3 is 20.1 Å². The highest BCUT2D eigenvalue weighted by Crippen LogP contribution is 2.59. The average molecular weight is 373 g/mol. The molecule has 2 N–H and O–H groups in total. The van der Waals surface area contributed by atoms with Gasteiger partial charge >= 0.3 is 6.03 Å². The van der Waals surface area contributed by atoms with Crippen molar-refractivity contribution < 1.29 is 14.3 Å². The summed E-state index contributed by atoms with van der Waals surface area (Å²) in [6.45, 7) is 1.25. The van der Waals surface area contributed by atoms with E-state index >= 15 is 0 Å². The third-order valence-electron chi connectivity index (χ3n) is 7.28. The first-order valence-corrected chi connectivity index (χ1v) is 10.3. The van der Waals surface area contributed by atoms with Crippen molar-refractivity contribution in [3.05, 3.63) is 29.8 Å². The molecule has 0 saturated heterocycles. The van der Waals surface area contributed by atoms with Crippen LogP contribution in [0.15, 0.2) is 24.3 Å². The lowest BCUT2D eigenvalue weighted by Crippen LogP contribution is -2.63. The molecule has 4 aliphatic rings. The zero-order valence-corrected chi connectivity index (χ0v) is 16.5. The number of ether oxygens (including phenoxy) is 2. The second-order valence-electron chi connectivity index (χ2n) is 8.67. The van der Waals surface area contributed by atoms with E-state index in [1.165, 1.54) is 37.7 Å². The monoisotopic (exact) mass is 372 g/mol. The number of hydrogen-bond donors (Lipinski definition) is 2. The maximum absolute atomic E-state index is 12.3. The number of rotatable bonds is 7. The Labute approximate surface area is 162 Å². The molecule has 0 aliphatic heterocycles. The summed E-state index contributed by atoms with van der Waals surface area (Å²) in [5.41, 5.74) is 1.03. The van der Waals surface area contributed by atoms with E-state index in [1.54, 1.807) is 7.11 Å². The van der Waals surface area contributed by atoms with Crippen LogP contribution in [0.2, 0.25) is 0 Å². The van der Waals surface area contributed by atoms with Crippen molar-refractivity contribution in [1.29, 1.82) is 0 Å². The largest absolute Gasteiger partial charge is 0.497 e. The molecule has 0 heterocycles. The Morgan fingerprint density at radius 2 is 1.63 bits per heavy atom. The minimum absolute atomic E-state index is 0.0891. The molecule has 5 heteroatoms. The summed E-state index contributed by atoms with van der Waals surface area (Å²) in [6, 6.07) is 7.88. The van der Waals surface area contributed by atoms with E-state index < -0.39 is 0 Å². The molecule has 5 nitrogen and oxygen atoms in total. The van der Waals surface area contributed by atoms with Crippen molar-refractivity contribution in [2.24, 2.45) is 23.7 Å². The molecule has 0 unspecified atom stereocenters. The number of nitrogens with one attached hydrogen (secondary N) is 2. The Kier molecular flexibility index (Phi) is 5.31. The molecule has 4 fully saturated rings. The smallest absolute Gasteiger partial charge is 0.314 e. The first kappa shape index (κ1) is 18.6. The second-order valence-corrected chi connectivity index (χ2v) is 8.67. The molecule has 4 aliphatic carbocycles. The molecular formula is C22H32N2O3. The van der Waals surface area contributed by atoms with E-state index in [0.29, 0.717) is 24.9 Å². The quantitative estimate of drug-likeness (QED) is 0.771. The summed E-state index contributed by atoms with van der Waals surface area (Å²) >= 11 is 0. The van der Waals surface area contributed by atoms with Crippen LogP contribution in [-0.4, -0.2) is 38.9 Å². The van der Waals surface area contributed by atoms with Crippen molar-refractivity contribution >= 4 is 6.03 Å². The summed E-state index contributed by atoms with van der Waals surface area (Å²) < 4.78 is 11.3. The van der Waals surface area contributed by atoms with Crippen molar-refractivity contribution in [1.82, 2.24) is 10.6 Å². The molecule has 27 heavy (non-hydrogen) atoms. The molecule has 1 aromatic rings. The second kappa shape index (κ2) is 7.70. The van der Waals surface area contributed by atoms with Gasteiger partial charge in [-0.25, -0.2) is 4.79 Å². The van der Waals surface area contributed by atoms with Crippen LogP contribution in [-0.2, 0) is 11.2 Å². The molecular weight excluding hydrogens is 340 g/mol. The van der Waals surface area contributed by atoms with Crippen LogP contribution in [0.25, 0.3) is 0 Å².